The minimum atomic E-state index is -0.567. The first-order valence-electron chi connectivity index (χ1n) is 11.6. The van der Waals surface area contributed by atoms with Gasteiger partial charge in [-0.2, -0.15) is 0 Å². The van der Waals surface area contributed by atoms with Gasteiger partial charge in [0.1, 0.15) is 12.1 Å². The lowest BCUT2D eigenvalue weighted by Crippen LogP contribution is -2.56. The van der Waals surface area contributed by atoms with Gasteiger partial charge in [0.2, 0.25) is 5.91 Å². The number of fused-ring (bicyclic) bond motifs is 1. The van der Waals surface area contributed by atoms with Gasteiger partial charge >= 0.3 is 11.9 Å². The number of amides is 1. The van der Waals surface area contributed by atoms with Crippen LogP contribution in [0.2, 0.25) is 0 Å². The van der Waals surface area contributed by atoms with E-state index in [1.807, 2.05) is 37.3 Å². The molecule has 0 spiro atoms. The maximum atomic E-state index is 13.7. The summed E-state index contributed by atoms with van der Waals surface area (Å²) < 4.78 is 10.1. The van der Waals surface area contributed by atoms with E-state index in [0.717, 1.165) is 31.2 Å². The number of esters is 2. The van der Waals surface area contributed by atoms with Gasteiger partial charge in [-0.1, -0.05) is 43.2 Å². The van der Waals surface area contributed by atoms with Gasteiger partial charge in [-0.25, -0.2) is 4.79 Å². The maximum Gasteiger partial charge on any atom is 0.328 e. The normalized spacial score (nSPS) is 24.5. The summed E-state index contributed by atoms with van der Waals surface area (Å²) in [5, 5.41) is 0. The summed E-state index contributed by atoms with van der Waals surface area (Å²) >= 11 is 0. The van der Waals surface area contributed by atoms with Crippen LogP contribution in [0.25, 0.3) is 0 Å². The molecule has 2 aliphatic rings. The van der Waals surface area contributed by atoms with Crippen LogP contribution in [-0.4, -0.2) is 73.1 Å². The Balaban J connectivity index is 1.77. The van der Waals surface area contributed by atoms with Gasteiger partial charge in [0.25, 0.3) is 0 Å². The summed E-state index contributed by atoms with van der Waals surface area (Å²) in [6, 6.07) is 8.35. The molecule has 1 aromatic carbocycles. The summed E-state index contributed by atoms with van der Waals surface area (Å²) in [5.74, 6) is -0.490. The molecule has 7 heteroatoms. The van der Waals surface area contributed by atoms with E-state index in [1.165, 1.54) is 14.2 Å². The molecule has 1 heterocycles. The molecule has 1 aliphatic carbocycles. The molecule has 0 radical (unpaired) electrons. The molecule has 0 bridgehead atoms. The van der Waals surface area contributed by atoms with Gasteiger partial charge in [0.05, 0.1) is 20.3 Å². The summed E-state index contributed by atoms with van der Waals surface area (Å²) in [6.45, 7) is 1.81. The number of carbonyl (C=O) groups is 3. The number of carbonyl (C=O) groups excluding carboxylic acids is 3. The predicted octanol–water partition coefficient (Wildman–Crippen LogP) is 2.81. The molecule has 1 aliphatic heterocycles. The summed E-state index contributed by atoms with van der Waals surface area (Å²) in [6.07, 6.45) is 6.04. The number of hydrogen-bond acceptors (Lipinski definition) is 6. The first-order chi connectivity index (χ1) is 15.4. The molecular weight excluding hydrogens is 408 g/mol. The van der Waals surface area contributed by atoms with Gasteiger partial charge in [-0.15, -0.1) is 0 Å². The average molecular weight is 445 g/mol. The molecule has 1 saturated heterocycles. The lowest BCUT2D eigenvalue weighted by molar-refractivity contribution is -0.156. The minimum absolute atomic E-state index is 0.0668. The number of rotatable bonds is 8. The Morgan fingerprint density at radius 3 is 2.44 bits per heavy atom. The number of hydrogen-bond donors (Lipinski definition) is 0. The van der Waals surface area contributed by atoms with Crippen LogP contribution in [-0.2, 0) is 30.3 Å². The van der Waals surface area contributed by atoms with Crippen molar-refractivity contribution < 1.29 is 23.9 Å². The zero-order valence-electron chi connectivity index (χ0n) is 19.7. The Hall–Kier alpha value is -2.41. The van der Waals surface area contributed by atoms with Crippen molar-refractivity contribution in [3.05, 3.63) is 35.9 Å². The van der Waals surface area contributed by atoms with Crippen LogP contribution in [0, 0.1) is 5.92 Å². The number of aryl methyl sites for hydroxylation is 1. The highest BCUT2D eigenvalue weighted by molar-refractivity contribution is 5.89. The highest BCUT2D eigenvalue weighted by atomic mass is 16.5. The number of methoxy groups -OCH3 is 2. The van der Waals surface area contributed by atoms with Crippen LogP contribution in [0.3, 0.4) is 0 Å². The topological polar surface area (TPSA) is 76.2 Å². The molecule has 7 nitrogen and oxygen atoms in total. The van der Waals surface area contributed by atoms with E-state index in [4.69, 9.17) is 9.47 Å². The molecule has 0 N–H and O–H groups in total. The molecular formula is C25H36N2O5. The molecule has 2 fully saturated rings. The summed E-state index contributed by atoms with van der Waals surface area (Å²) in [4.78, 5) is 42.4. The first-order valence-corrected chi connectivity index (χ1v) is 11.6. The van der Waals surface area contributed by atoms with Crippen LogP contribution in [0.4, 0.5) is 0 Å². The largest absolute Gasteiger partial charge is 0.468 e. The van der Waals surface area contributed by atoms with Gasteiger partial charge in [0.15, 0.2) is 0 Å². The van der Waals surface area contributed by atoms with Crippen molar-refractivity contribution in [2.45, 2.75) is 76.0 Å². The van der Waals surface area contributed by atoms with E-state index in [9.17, 15) is 14.4 Å². The van der Waals surface area contributed by atoms with Gasteiger partial charge in [0, 0.05) is 6.04 Å². The Labute approximate surface area is 191 Å². The summed E-state index contributed by atoms with van der Waals surface area (Å²) in [7, 11) is 4.54. The number of likely N-dealkylation sites (N-methyl/N-ethyl adjacent to an activating group) is 1. The van der Waals surface area contributed by atoms with Crippen molar-refractivity contribution in [2.24, 2.45) is 5.92 Å². The zero-order chi connectivity index (χ0) is 23.3. The first kappa shape index (κ1) is 24.2. The second kappa shape index (κ2) is 10.9. The van der Waals surface area contributed by atoms with Crippen molar-refractivity contribution in [3.8, 4) is 0 Å². The lowest BCUT2D eigenvalue weighted by atomic mass is 9.84. The quantitative estimate of drug-likeness (QED) is 0.574. The molecule has 0 aromatic heterocycles. The molecule has 1 amide bonds. The Bertz CT molecular complexity index is 799. The summed E-state index contributed by atoms with van der Waals surface area (Å²) in [5.41, 5.74) is 1.13. The Morgan fingerprint density at radius 1 is 1.09 bits per heavy atom. The van der Waals surface area contributed by atoms with E-state index in [1.54, 1.807) is 16.8 Å². The van der Waals surface area contributed by atoms with E-state index >= 15 is 0 Å². The molecule has 1 saturated carbocycles. The van der Waals surface area contributed by atoms with Gasteiger partial charge in [-0.3, -0.25) is 14.5 Å². The minimum Gasteiger partial charge on any atom is -0.468 e. The van der Waals surface area contributed by atoms with Gasteiger partial charge in [-0.05, 0) is 57.6 Å². The smallest absolute Gasteiger partial charge is 0.328 e. The van der Waals surface area contributed by atoms with Crippen LogP contribution in [0.1, 0.15) is 51.0 Å². The third-order valence-electron chi connectivity index (χ3n) is 7.30. The number of nitrogens with zero attached hydrogens (tertiary/aromatic N) is 2. The second-order valence-electron chi connectivity index (χ2n) is 9.04. The maximum absolute atomic E-state index is 13.7. The molecule has 5 atom stereocenters. The van der Waals surface area contributed by atoms with Crippen molar-refractivity contribution in [1.82, 2.24) is 9.80 Å². The number of ether oxygens (including phenoxy) is 2. The second-order valence-corrected chi connectivity index (χ2v) is 9.04. The van der Waals surface area contributed by atoms with Crippen molar-refractivity contribution in [2.75, 3.05) is 21.3 Å². The van der Waals surface area contributed by atoms with Crippen LogP contribution < -0.4 is 0 Å². The van der Waals surface area contributed by atoms with Crippen molar-refractivity contribution >= 4 is 17.8 Å². The molecule has 176 valence electrons. The van der Waals surface area contributed by atoms with Crippen molar-refractivity contribution in [3.63, 3.8) is 0 Å². The molecule has 3 rings (SSSR count). The Kier molecular flexibility index (Phi) is 8.29. The third-order valence-corrected chi connectivity index (χ3v) is 7.30. The van der Waals surface area contributed by atoms with Crippen LogP contribution >= 0.6 is 0 Å². The highest BCUT2D eigenvalue weighted by Crippen LogP contribution is 2.40. The predicted molar refractivity (Wildman–Crippen MR) is 121 cm³/mol. The third kappa shape index (κ3) is 5.14. The Morgan fingerprint density at radius 2 is 1.78 bits per heavy atom. The fraction of sp³-hybridized carbons (Fsp3) is 0.640. The van der Waals surface area contributed by atoms with Crippen molar-refractivity contribution in [1.29, 1.82) is 0 Å². The average Bonchev–Trinajstić information content (AvgIpc) is 3.22. The molecule has 1 aromatic rings. The van der Waals surface area contributed by atoms with Crippen LogP contribution in [0.5, 0.6) is 0 Å². The highest BCUT2D eigenvalue weighted by Gasteiger charge is 2.49. The monoisotopic (exact) mass is 444 g/mol. The van der Waals surface area contributed by atoms with Crippen LogP contribution in [0.15, 0.2) is 30.3 Å². The fourth-order valence-corrected chi connectivity index (χ4v) is 5.36. The lowest BCUT2D eigenvalue weighted by Gasteiger charge is -2.38. The standard InChI is InChI=1S/C25H36N2O5/c1-17(26(2)21(24(29)31-3)15-14-18-10-6-5-7-11-18)23(28)27-20-13-9-8-12-19(20)16-22(27)25(30)32-4/h5-7,10-11,17,19-22H,8-9,12-16H2,1-4H3/t17?,19-,20+,21+,22+/m1/s1. The number of benzene rings is 1. The number of likely N-dealkylation sites (tertiary alicyclic amines) is 1. The zero-order valence-corrected chi connectivity index (χ0v) is 19.7. The SMILES string of the molecule is COC(=O)[C@H](CCc1ccccc1)N(C)C(C)C(=O)N1[C@H](C(=O)OC)C[C@H]2CCCC[C@@H]21. The molecule has 1 unspecified atom stereocenters. The fourth-order valence-electron chi connectivity index (χ4n) is 5.36. The van der Waals surface area contributed by atoms with E-state index in [-0.39, 0.29) is 23.9 Å². The molecule has 32 heavy (non-hydrogen) atoms. The van der Waals surface area contributed by atoms with E-state index in [2.05, 4.69) is 0 Å². The van der Waals surface area contributed by atoms with E-state index < -0.39 is 18.1 Å². The van der Waals surface area contributed by atoms with Gasteiger partial charge < -0.3 is 14.4 Å². The van der Waals surface area contributed by atoms with E-state index in [0.29, 0.717) is 25.2 Å².